The van der Waals surface area contributed by atoms with Gasteiger partial charge in [-0.1, -0.05) is 17.7 Å². The van der Waals surface area contributed by atoms with E-state index in [1.165, 1.54) is 0 Å². The lowest BCUT2D eigenvalue weighted by Crippen LogP contribution is -2.33. The molecule has 1 aromatic carbocycles. The Morgan fingerprint density at radius 1 is 1.32 bits per heavy atom. The molecule has 19 heavy (non-hydrogen) atoms. The highest BCUT2D eigenvalue weighted by Gasteiger charge is 2.16. The van der Waals surface area contributed by atoms with Crippen molar-refractivity contribution >= 4 is 17.5 Å². The molecule has 0 radical (unpaired) electrons. The van der Waals surface area contributed by atoms with Gasteiger partial charge in [0.2, 0.25) is 5.91 Å². The molecule has 1 saturated heterocycles. The number of hydrogen-bond donors (Lipinski definition) is 1. The van der Waals surface area contributed by atoms with Crippen LogP contribution in [0.15, 0.2) is 18.2 Å². The standard InChI is InChI=1S/C14H19ClN2O2/c1-11(18)17-6-2-5-16(7-8-17)10-12-3-4-14(19)13(15)9-12/h3-4,9,19H,2,5-8,10H2,1H3. The summed E-state index contributed by atoms with van der Waals surface area (Å²) in [5, 5.41) is 9.79. The molecule has 104 valence electrons. The van der Waals surface area contributed by atoms with Crippen LogP contribution in [0.5, 0.6) is 5.75 Å². The van der Waals surface area contributed by atoms with E-state index >= 15 is 0 Å². The molecule has 1 aromatic rings. The predicted molar refractivity (Wildman–Crippen MR) is 75.3 cm³/mol. The molecular formula is C14H19ClN2O2. The van der Waals surface area contributed by atoms with Crippen molar-refractivity contribution in [1.29, 1.82) is 0 Å². The molecule has 1 aliphatic heterocycles. The first kappa shape index (κ1) is 14.2. The molecule has 0 aromatic heterocycles. The molecule has 2 rings (SSSR count). The molecule has 0 unspecified atom stereocenters. The molecule has 1 aliphatic rings. The van der Waals surface area contributed by atoms with Crippen molar-refractivity contribution < 1.29 is 9.90 Å². The molecule has 0 aliphatic carbocycles. The van der Waals surface area contributed by atoms with Crippen molar-refractivity contribution in [2.24, 2.45) is 0 Å². The summed E-state index contributed by atoms with van der Waals surface area (Å²) >= 11 is 5.91. The summed E-state index contributed by atoms with van der Waals surface area (Å²) in [6.45, 7) is 5.88. The van der Waals surface area contributed by atoms with Gasteiger partial charge < -0.3 is 10.0 Å². The summed E-state index contributed by atoms with van der Waals surface area (Å²) < 4.78 is 0. The molecule has 1 fully saturated rings. The van der Waals surface area contributed by atoms with Crippen molar-refractivity contribution in [3.63, 3.8) is 0 Å². The van der Waals surface area contributed by atoms with Crippen LogP contribution in [-0.4, -0.2) is 47.0 Å². The molecule has 4 nitrogen and oxygen atoms in total. The number of phenolic OH excluding ortho intramolecular Hbond substituents is 1. The quantitative estimate of drug-likeness (QED) is 0.903. The molecule has 0 bridgehead atoms. The highest BCUT2D eigenvalue weighted by Crippen LogP contribution is 2.24. The number of amides is 1. The van der Waals surface area contributed by atoms with Crippen LogP contribution in [0.3, 0.4) is 0 Å². The Bertz CT molecular complexity index is 465. The van der Waals surface area contributed by atoms with Crippen LogP contribution in [0, 0.1) is 0 Å². The third kappa shape index (κ3) is 3.85. The molecule has 1 heterocycles. The minimum absolute atomic E-state index is 0.115. The van der Waals surface area contributed by atoms with Crippen LogP contribution in [0.1, 0.15) is 18.9 Å². The zero-order chi connectivity index (χ0) is 13.8. The fraction of sp³-hybridized carbons (Fsp3) is 0.500. The summed E-state index contributed by atoms with van der Waals surface area (Å²) in [5.41, 5.74) is 1.08. The summed E-state index contributed by atoms with van der Waals surface area (Å²) in [5.74, 6) is 0.263. The number of hydrogen-bond acceptors (Lipinski definition) is 3. The lowest BCUT2D eigenvalue weighted by Gasteiger charge is -2.21. The van der Waals surface area contributed by atoms with E-state index in [0.717, 1.165) is 44.7 Å². The molecule has 1 N–H and O–H groups in total. The van der Waals surface area contributed by atoms with Crippen LogP contribution in [0.2, 0.25) is 5.02 Å². The van der Waals surface area contributed by atoms with E-state index in [2.05, 4.69) is 4.90 Å². The number of rotatable bonds is 2. The Kier molecular flexibility index (Phi) is 4.66. The summed E-state index contributed by atoms with van der Waals surface area (Å²) in [6, 6.07) is 5.30. The summed E-state index contributed by atoms with van der Waals surface area (Å²) in [4.78, 5) is 15.6. The molecule has 0 spiro atoms. The third-order valence-electron chi connectivity index (χ3n) is 3.45. The number of nitrogens with zero attached hydrogens (tertiary/aromatic N) is 2. The van der Waals surface area contributed by atoms with E-state index < -0.39 is 0 Å². The average molecular weight is 283 g/mol. The van der Waals surface area contributed by atoms with Gasteiger partial charge in [0.05, 0.1) is 5.02 Å². The lowest BCUT2D eigenvalue weighted by atomic mass is 10.2. The van der Waals surface area contributed by atoms with Crippen molar-refractivity contribution in [1.82, 2.24) is 9.80 Å². The molecular weight excluding hydrogens is 264 g/mol. The Labute approximate surface area is 118 Å². The lowest BCUT2D eigenvalue weighted by molar-refractivity contribution is -0.128. The van der Waals surface area contributed by atoms with Gasteiger partial charge in [-0.15, -0.1) is 0 Å². The molecule has 0 atom stereocenters. The van der Waals surface area contributed by atoms with Gasteiger partial charge >= 0.3 is 0 Å². The first-order valence-corrected chi connectivity index (χ1v) is 6.89. The number of halogens is 1. The van der Waals surface area contributed by atoms with E-state index in [1.54, 1.807) is 19.1 Å². The third-order valence-corrected chi connectivity index (χ3v) is 3.75. The van der Waals surface area contributed by atoms with Crippen molar-refractivity contribution in [3.05, 3.63) is 28.8 Å². The van der Waals surface area contributed by atoms with Crippen LogP contribution in [0.25, 0.3) is 0 Å². The highest BCUT2D eigenvalue weighted by atomic mass is 35.5. The first-order chi connectivity index (χ1) is 9.06. The highest BCUT2D eigenvalue weighted by molar-refractivity contribution is 6.32. The van der Waals surface area contributed by atoms with Gasteiger partial charge in [0.25, 0.3) is 0 Å². The fourth-order valence-corrected chi connectivity index (χ4v) is 2.55. The second-order valence-corrected chi connectivity index (χ2v) is 5.33. The molecule has 0 saturated carbocycles. The van der Waals surface area contributed by atoms with E-state index in [0.29, 0.717) is 5.02 Å². The van der Waals surface area contributed by atoms with Gasteiger partial charge in [0.15, 0.2) is 0 Å². The summed E-state index contributed by atoms with van der Waals surface area (Å²) in [7, 11) is 0. The largest absolute Gasteiger partial charge is 0.506 e. The topological polar surface area (TPSA) is 43.8 Å². The van der Waals surface area contributed by atoms with Gasteiger partial charge in [-0.05, 0) is 24.1 Å². The van der Waals surface area contributed by atoms with Gasteiger partial charge in [-0.3, -0.25) is 9.69 Å². The van der Waals surface area contributed by atoms with E-state index in [-0.39, 0.29) is 11.7 Å². The minimum Gasteiger partial charge on any atom is -0.506 e. The maximum atomic E-state index is 11.4. The smallest absolute Gasteiger partial charge is 0.219 e. The van der Waals surface area contributed by atoms with Crippen LogP contribution in [-0.2, 0) is 11.3 Å². The van der Waals surface area contributed by atoms with Gasteiger partial charge in [0, 0.05) is 39.6 Å². The second-order valence-electron chi connectivity index (χ2n) is 4.92. The first-order valence-electron chi connectivity index (χ1n) is 6.51. The normalized spacial score (nSPS) is 17.3. The second kappa shape index (κ2) is 6.26. The Hall–Kier alpha value is -1.26. The van der Waals surface area contributed by atoms with Gasteiger partial charge in [-0.2, -0.15) is 0 Å². The Balaban J connectivity index is 1.95. The number of benzene rings is 1. The van der Waals surface area contributed by atoms with Gasteiger partial charge in [0.1, 0.15) is 5.75 Å². The van der Waals surface area contributed by atoms with E-state index in [9.17, 15) is 9.90 Å². The minimum atomic E-state index is 0.115. The number of aromatic hydroxyl groups is 1. The predicted octanol–water partition coefficient (Wildman–Crippen LogP) is 2.10. The maximum Gasteiger partial charge on any atom is 0.219 e. The van der Waals surface area contributed by atoms with E-state index in [4.69, 9.17) is 11.6 Å². The monoisotopic (exact) mass is 282 g/mol. The van der Waals surface area contributed by atoms with Crippen molar-refractivity contribution in [2.75, 3.05) is 26.2 Å². The van der Waals surface area contributed by atoms with Crippen molar-refractivity contribution in [3.8, 4) is 5.75 Å². The van der Waals surface area contributed by atoms with Crippen molar-refractivity contribution in [2.45, 2.75) is 19.9 Å². The summed E-state index contributed by atoms with van der Waals surface area (Å²) in [6.07, 6.45) is 0.991. The Morgan fingerprint density at radius 2 is 2.11 bits per heavy atom. The number of phenols is 1. The zero-order valence-corrected chi connectivity index (χ0v) is 11.9. The van der Waals surface area contributed by atoms with Crippen LogP contribution in [0.4, 0.5) is 0 Å². The molecule has 5 heteroatoms. The number of carbonyl (C=O) groups excluding carboxylic acids is 1. The SMILES string of the molecule is CC(=O)N1CCCN(Cc2ccc(O)c(Cl)c2)CC1. The van der Waals surface area contributed by atoms with Crippen LogP contribution >= 0.6 is 11.6 Å². The maximum absolute atomic E-state index is 11.4. The zero-order valence-electron chi connectivity index (χ0n) is 11.1. The van der Waals surface area contributed by atoms with Crippen LogP contribution < -0.4 is 0 Å². The van der Waals surface area contributed by atoms with Gasteiger partial charge in [-0.25, -0.2) is 0 Å². The fourth-order valence-electron chi connectivity index (χ4n) is 2.35. The van der Waals surface area contributed by atoms with E-state index in [1.807, 2.05) is 11.0 Å². The molecule has 1 amide bonds. The Morgan fingerprint density at radius 3 is 2.79 bits per heavy atom. The number of carbonyl (C=O) groups is 1. The average Bonchev–Trinajstić information content (AvgIpc) is 2.59.